The summed E-state index contributed by atoms with van der Waals surface area (Å²) in [5, 5.41) is 3.68. The molecule has 10 heteroatoms. The Morgan fingerprint density at radius 3 is 2.59 bits per heavy atom. The Morgan fingerprint density at radius 2 is 1.86 bits per heavy atom. The number of nitrogens with zero attached hydrogens (tertiary/aromatic N) is 3. The topological polar surface area (TPSA) is 93.8 Å². The Balaban J connectivity index is 1.34. The fourth-order valence-electron chi connectivity index (χ4n) is 5.85. The summed E-state index contributed by atoms with van der Waals surface area (Å²) in [7, 11) is 0. The molecule has 2 aromatic heterocycles. The van der Waals surface area contributed by atoms with E-state index in [1.54, 1.807) is 38.2 Å². The minimum atomic E-state index is -0.936. The molecular formula is C34H37ClN4O4S. The van der Waals surface area contributed by atoms with Crippen LogP contribution in [0.5, 0.6) is 0 Å². The first-order valence-electron chi connectivity index (χ1n) is 15.0. The molecule has 230 valence electrons. The zero-order valence-electron chi connectivity index (χ0n) is 24.8. The molecule has 1 fully saturated rings. The number of carbonyl (C=O) groups is 4. The van der Waals surface area contributed by atoms with Gasteiger partial charge in [-0.25, -0.2) is 0 Å². The van der Waals surface area contributed by atoms with Gasteiger partial charge in [-0.2, -0.15) is 0 Å². The van der Waals surface area contributed by atoms with E-state index in [4.69, 9.17) is 11.6 Å². The van der Waals surface area contributed by atoms with Crippen molar-refractivity contribution in [1.82, 2.24) is 19.7 Å². The van der Waals surface area contributed by atoms with Gasteiger partial charge in [0.2, 0.25) is 17.7 Å². The SMILES string of the molecule is CCC(C=O)N(CCc1c[nH]c2ccccc12)C(=O)CC1C(=O)N(CCc2ccc(Cl)cc2)CC(=O)N1CCc1cccs1. The lowest BCUT2D eigenvalue weighted by Gasteiger charge is -2.41. The number of thiophene rings is 1. The zero-order chi connectivity index (χ0) is 31.1. The summed E-state index contributed by atoms with van der Waals surface area (Å²) in [6.07, 6.45) is 4.72. The second-order valence-electron chi connectivity index (χ2n) is 11.1. The van der Waals surface area contributed by atoms with E-state index in [0.29, 0.717) is 50.3 Å². The van der Waals surface area contributed by atoms with Gasteiger partial charge in [0, 0.05) is 46.6 Å². The van der Waals surface area contributed by atoms with E-state index < -0.39 is 12.1 Å². The number of aldehydes is 1. The van der Waals surface area contributed by atoms with E-state index in [9.17, 15) is 19.2 Å². The van der Waals surface area contributed by atoms with Gasteiger partial charge in [-0.3, -0.25) is 14.4 Å². The molecule has 3 heterocycles. The molecule has 1 aliphatic rings. The van der Waals surface area contributed by atoms with Crippen LogP contribution in [0.15, 0.2) is 72.2 Å². The normalized spacial score (nSPS) is 16.0. The number of para-hydroxylation sites is 1. The molecule has 5 rings (SSSR count). The average Bonchev–Trinajstić information content (AvgIpc) is 3.71. The van der Waals surface area contributed by atoms with E-state index in [0.717, 1.165) is 33.2 Å². The lowest BCUT2D eigenvalue weighted by atomic mass is 10.0. The summed E-state index contributed by atoms with van der Waals surface area (Å²) in [5.74, 6) is -0.729. The van der Waals surface area contributed by atoms with Gasteiger partial charge in [0.05, 0.1) is 19.0 Å². The summed E-state index contributed by atoms with van der Waals surface area (Å²) >= 11 is 7.62. The van der Waals surface area contributed by atoms with E-state index >= 15 is 0 Å². The third-order valence-corrected chi connectivity index (χ3v) is 9.53. The summed E-state index contributed by atoms with van der Waals surface area (Å²) in [5.41, 5.74) is 3.06. The van der Waals surface area contributed by atoms with Crippen LogP contribution < -0.4 is 0 Å². The van der Waals surface area contributed by atoms with E-state index in [2.05, 4.69) is 4.98 Å². The Hall–Kier alpha value is -3.95. The van der Waals surface area contributed by atoms with Crippen molar-refractivity contribution in [2.45, 2.75) is 51.1 Å². The number of piperazine rings is 1. The Morgan fingerprint density at radius 1 is 1.07 bits per heavy atom. The zero-order valence-corrected chi connectivity index (χ0v) is 26.4. The molecule has 0 spiro atoms. The molecule has 2 unspecified atom stereocenters. The standard InChI is InChI=1S/C34H37ClN4O4S/c1-2-27(23-40)38(17-14-25-21-36-30-8-4-3-7-29(25)30)32(41)20-31-34(43)37(16-13-24-9-11-26(35)12-10-24)22-33(42)39(31)18-15-28-6-5-19-44-28/h3-12,19,21,23,27,31,36H,2,13-18,20,22H2,1H3. The average molecular weight is 633 g/mol. The third-order valence-electron chi connectivity index (χ3n) is 8.34. The quantitative estimate of drug-likeness (QED) is 0.195. The highest BCUT2D eigenvalue weighted by atomic mass is 35.5. The molecule has 0 bridgehead atoms. The van der Waals surface area contributed by atoms with Gasteiger partial charge < -0.3 is 24.5 Å². The van der Waals surface area contributed by atoms with Crippen LogP contribution in [-0.2, 0) is 38.4 Å². The second-order valence-corrected chi connectivity index (χ2v) is 12.5. The van der Waals surface area contributed by atoms with Gasteiger partial charge in [-0.15, -0.1) is 11.3 Å². The molecular weight excluding hydrogens is 596 g/mol. The molecule has 0 saturated carbocycles. The lowest BCUT2D eigenvalue weighted by molar-refractivity contribution is -0.158. The largest absolute Gasteiger partial charge is 0.361 e. The highest BCUT2D eigenvalue weighted by molar-refractivity contribution is 7.09. The van der Waals surface area contributed by atoms with Gasteiger partial charge in [-0.05, 0) is 66.5 Å². The first kappa shape index (κ1) is 31.5. The fourth-order valence-corrected chi connectivity index (χ4v) is 6.67. The molecule has 0 radical (unpaired) electrons. The maximum atomic E-state index is 14.0. The fraction of sp³-hybridized carbons (Fsp3) is 0.353. The number of nitrogens with one attached hydrogen (secondary N) is 1. The number of halogens is 1. The maximum Gasteiger partial charge on any atom is 0.246 e. The van der Waals surface area contributed by atoms with Crippen LogP contribution >= 0.6 is 22.9 Å². The highest BCUT2D eigenvalue weighted by Crippen LogP contribution is 2.23. The Bertz CT molecular complexity index is 1590. The molecule has 2 aromatic carbocycles. The number of amides is 3. The number of fused-ring (bicyclic) bond motifs is 1. The maximum absolute atomic E-state index is 14.0. The van der Waals surface area contributed by atoms with Gasteiger partial charge in [0.1, 0.15) is 12.3 Å². The van der Waals surface area contributed by atoms with Crippen LogP contribution in [0.1, 0.15) is 35.8 Å². The van der Waals surface area contributed by atoms with Gasteiger partial charge in [0.15, 0.2) is 0 Å². The number of aromatic nitrogens is 1. The van der Waals surface area contributed by atoms with Crippen molar-refractivity contribution >= 4 is 57.8 Å². The van der Waals surface area contributed by atoms with Crippen molar-refractivity contribution in [2.24, 2.45) is 0 Å². The molecule has 2 atom stereocenters. The summed E-state index contributed by atoms with van der Waals surface area (Å²) in [6, 6.07) is 17.8. The summed E-state index contributed by atoms with van der Waals surface area (Å²) < 4.78 is 0. The van der Waals surface area contributed by atoms with Crippen molar-refractivity contribution in [1.29, 1.82) is 0 Å². The smallest absolute Gasteiger partial charge is 0.246 e. The monoisotopic (exact) mass is 632 g/mol. The molecule has 0 aliphatic carbocycles. The lowest BCUT2D eigenvalue weighted by Crippen LogP contribution is -2.61. The van der Waals surface area contributed by atoms with Gasteiger partial charge in [-0.1, -0.05) is 54.9 Å². The number of benzene rings is 2. The predicted molar refractivity (Wildman–Crippen MR) is 174 cm³/mol. The molecule has 1 aliphatic heterocycles. The van der Waals surface area contributed by atoms with Crippen molar-refractivity contribution in [3.05, 3.63) is 93.3 Å². The van der Waals surface area contributed by atoms with Gasteiger partial charge >= 0.3 is 0 Å². The molecule has 1 saturated heterocycles. The van der Waals surface area contributed by atoms with Crippen LogP contribution in [0.2, 0.25) is 5.02 Å². The second kappa shape index (κ2) is 14.7. The molecule has 1 N–H and O–H groups in total. The summed E-state index contributed by atoms with van der Waals surface area (Å²) in [4.78, 5) is 62.6. The minimum absolute atomic E-state index is 0.0300. The van der Waals surface area contributed by atoms with Crippen LogP contribution in [0, 0.1) is 0 Å². The first-order chi connectivity index (χ1) is 21.4. The number of H-pyrrole nitrogens is 1. The molecule has 44 heavy (non-hydrogen) atoms. The minimum Gasteiger partial charge on any atom is -0.361 e. The third kappa shape index (κ3) is 7.39. The predicted octanol–water partition coefficient (Wildman–Crippen LogP) is 5.15. The van der Waals surface area contributed by atoms with Crippen molar-refractivity contribution < 1.29 is 19.2 Å². The van der Waals surface area contributed by atoms with E-state index in [-0.39, 0.29) is 30.7 Å². The number of aromatic amines is 1. The molecule has 8 nitrogen and oxygen atoms in total. The van der Waals surface area contributed by atoms with Crippen LogP contribution in [0.4, 0.5) is 0 Å². The Kier molecular flexibility index (Phi) is 10.5. The van der Waals surface area contributed by atoms with E-state index in [1.807, 2.05) is 67.0 Å². The Labute approximate surface area is 266 Å². The summed E-state index contributed by atoms with van der Waals surface area (Å²) in [6.45, 7) is 2.85. The number of rotatable bonds is 14. The van der Waals surface area contributed by atoms with Crippen molar-refractivity contribution in [3.8, 4) is 0 Å². The van der Waals surface area contributed by atoms with Crippen molar-refractivity contribution in [3.63, 3.8) is 0 Å². The van der Waals surface area contributed by atoms with E-state index in [1.165, 1.54) is 0 Å². The number of hydrogen-bond donors (Lipinski definition) is 1. The van der Waals surface area contributed by atoms with Crippen LogP contribution in [0.3, 0.4) is 0 Å². The van der Waals surface area contributed by atoms with Crippen LogP contribution in [0.25, 0.3) is 10.9 Å². The number of hydrogen-bond acceptors (Lipinski definition) is 5. The number of carbonyl (C=O) groups excluding carboxylic acids is 4. The molecule has 4 aromatic rings. The molecule has 3 amide bonds. The van der Waals surface area contributed by atoms with Crippen LogP contribution in [-0.4, -0.2) is 82.0 Å². The van der Waals surface area contributed by atoms with Gasteiger partial charge in [0.25, 0.3) is 0 Å². The van der Waals surface area contributed by atoms with Crippen molar-refractivity contribution in [2.75, 3.05) is 26.2 Å². The highest BCUT2D eigenvalue weighted by Gasteiger charge is 2.41. The first-order valence-corrected chi connectivity index (χ1v) is 16.3.